The average Bonchev–Trinajstić information content (AvgIpc) is 2.97. The van der Waals surface area contributed by atoms with E-state index in [-0.39, 0.29) is 23.2 Å². The number of carbonyl (C=O) groups excluding carboxylic acids is 2. The molecule has 2 aliphatic rings. The van der Waals surface area contributed by atoms with Crippen molar-refractivity contribution in [2.24, 2.45) is 5.92 Å². The summed E-state index contributed by atoms with van der Waals surface area (Å²) < 4.78 is 47.2. The van der Waals surface area contributed by atoms with E-state index < -0.39 is 17.7 Å². The Bertz CT molecular complexity index is 1450. The molecule has 1 fully saturated rings. The Kier molecular flexibility index (Phi) is 8.79. The number of nitrogens with one attached hydrogen (secondary N) is 2. The van der Waals surface area contributed by atoms with Crippen molar-refractivity contribution >= 4 is 17.5 Å². The molecule has 2 heterocycles. The molecule has 1 atom stereocenters. The van der Waals surface area contributed by atoms with Crippen molar-refractivity contribution in [2.45, 2.75) is 32.0 Å². The molecule has 2 aromatic carbocycles. The van der Waals surface area contributed by atoms with E-state index in [2.05, 4.69) is 25.4 Å². The van der Waals surface area contributed by atoms with Crippen LogP contribution in [0.3, 0.4) is 0 Å². The molecular formula is C31H34F3N5O3. The van der Waals surface area contributed by atoms with Crippen molar-refractivity contribution < 1.29 is 27.5 Å². The minimum Gasteiger partial charge on any atom is -0.457 e. The van der Waals surface area contributed by atoms with Gasteiger partial charge in [0.2, 0.25) is 5.91 Å². The van der Waals surface area contributed by atoms with Crippen molar-refractivity contribution in [2.75, 3.05) is 45.6 Å². The van der Waals surface area contributed by atoms with Crippen LogP contribution >= 0.6 is 0 Å². The summed E-state index contributed by atoms with van der Waals surface area (Å²) in [4.78, 5) is 33.6. The topological polar surface area (TPSA) is 86.8 Å². The van der Waals surface area contributed by atoms with E-state index in [1.54, 1.807) is 18.2 Å². The second-order valence-corrected chi connectivity index (χ2v) is 10.9. The number of carbonyl (C=O) groups is 2. The highest BCUT2D eigenvalue weighted by atomic mass is 19.4. The lowest BCUT2D eigenvalue weighted by atomic mass is 9.83. The summed E-state index contributed by atoms with van der Waals surface area (Å²) in [6, 6.07) is 12.7. The number of piperazine rings is 1. The second-order valence-electron chi connectivity index (χ2n) is 10.9. The molecule has 8 nitrogen and oxygen atoms in total. The second kappa shape index (κ2) is 12.5. The molecule has 0 radical (unpaired) electrons. The van der Waals surface area contributed by atoms with Gasteiger partial charge < -0.3 is 20.3 Å². The molecule has 3 aromatic rings. The number of hydrogen-bond acceptors (Lipinski definition) is 6. The maximum absolute atomic E-state index is 13.7. The minimum atomic E-state index is -4.52. The number of ether oxygens (including phenoxy) is 1. The summed E-state index contributed by atoms with van der Waals surface area (Å²) in [6.07, 6.45) is -1.34. The number of anilines is 1. The number of benzene rings is 2. The highest BCUT2D eigenvalue weighted by Crippen LogP contribution is 2.34. The maximum Gasteiger partial charge on any atom is 0.416 e. The average molecular weight is 582 g/mol. The van der Waals surface area contributed by atoms with Gasteiger partial charge in [0.05, 0.1) is 5.56 Å². The summed E-state index contributed by atoms with van der Waals surface area (Å²) >= 11 is 0. The summed E-state index contributed by atoms with van der Waals surface area (Å²) in [5.41, 5.74) is 2.18. The molecule has 1 saturated heterocycles. The Balaban J connectivity index is 1.28. The molecule has 2 N–H and O–H groups in total. The molecule has 1 aliphatic heterocycles. The number of likely N-dealkylation sites (N-methyl/N-ethyl adjacent to an activating group) is 1. The van der Waals surface area contributed by atoms with Gasteiger partial charge in [-0.15, -0.1) is 0 Å². The first-order valence-corrected chi connectivity index (χ1v) is 14.0. The van der Waals surface area contributed by atoms with Gasteiger partial charge in [-0.05, 0) is 79.4 Å². The minimum absolute atomic E-state index is 0.159. The van der Waals surface area contributed by atoms with E-state index in [1.807, 2.05) is 25.2 Å². The molecule has 2 amide bonds. The number of fused-ring (bicyclic) bond motifs is 1. The Morgan fingerprint density at radius 1 is 1.00 bits per heavy atom. The molecule has 0 saturated carbocycles. The predicted molar refractivity (Wildman–Crippen MR) is 153 cm³/mol. The number of pyridine rings is 1. The fraction of sp³-hybridized carbons (Fsp3) is 0.387. The van der Waals surface area contributed by atoms with Crippen LogP contribution in [0.4, 0.5) is 18.9 Å². The van der Waals surface area contributed by atoms with Crippen molar-refractivity contribution in [3.8, 4) is 11.5 Å². The van der Waals surface area contributed by atoms with Crippen molar-refractivity contribution in [1.82, 2.24) is 20.1 Å². The predicted octanol–water partition coefficient (Wildman–Crippen LogP) is 4.74. The summed E-state index contributed by atoms with van der Waals surface area (Å²) in [5.74, 6) is -0.0295. The van der Waals surface area contributed by atoms with E-state index >= 15 is 0 Å². The van der Waals surface area contributed by atoms with Gasteiger partial charge in [0, 0.05) is 63.6 Å². The van der Waals surface area contributed by atoms with Crippen LogP contribution in [0.25, 0.3) is 0 Å². The van der Waals surface area contributed by atoms with Gasteiger partial charge >= 0.3 is 6.18 Å². The number of amides is 2. The zero-order valence-corrected chi connectivity index (χ0v) is 23.6. The number of hydrogen-bond donors (Lipinski definition) is 2. The van der Waals surface area contributed by atoms with Crippen molar-refractivity contribution in [1.29, 1.82) is 0 Å². The van der Waals surface area contributed by atoms with Crippen LogP contribution in [-0.2, 0) is 30.4 Å². The Morgan fingerprint density at radius 3 is 2.50 bits per heavy atom. The highest BCUT2D eigenvalue weighted by molar-refractivity contribution is 5.93. The van der Waals surface area contributed by atoms with Crippen LogP contribution in [-0.4, -0.2) is 66.9 Å². The third-order valence-corrected chi connectivity index (χ3v) is 7.79. The van der Waals surface area contributed by atoms with Crippen LogP contribution < -0.4 is 15.4 Å². The van der Waals surface area contributed by atoms with E-state index in [1.165, 1.54) is 19.3 Å². The number of nitrogens with zero attached hydrogens (tertiary/aromatic N) is 3. The van der Waals surface area contributed by atoms with Gasteiger partial charge in [-0.2, -0.15) is 13.2 Å². The molecule has 1 aromatic heterocycles. The zero-order chi connectivity index (χ0) is 29.9. The third kappa shape index (κ3) is 7.27. The van der Waals surface area contributed by atoms with Crippen LogP contribution in [0.15, 0.2) is 54.7 Å². The van der Waals surface area contributed by atoms with Crippen LogP contribution in [0.1, 0.15) is 39.2 Å². The van der Waals surface area contributed by atoms with E-state index in [0.29, 0.717) is 42.9 Å². The third-order valence-electron chi connectivity index (χ3n) is 7.79. The lowest BCUT2D eigenvalue weighted by Gasteiger charge is -2.32. The number of rotatable bonds is 7. The van der Waals surface area contributed by atoms with Gasteiger partial charge in [0.25, 0.3) is 5.91 Å². The fourth-order valence-electron chi connectivity index (χ4n) is 5.41. The molecule has 0 bridgehead atoms. The molecule has 222 valence electrons. The SMILES string of the molecule is CNC(=O)c1cc(Oc2ccc3c(c2)CC(C(=O)Nc2cc(CN4CCN(C)CC4)cc(C(F)(F)F)c2)CC3)ccn1. The highest BCUT2D eigenvalue weighted by Gasteiger charge is 2.32. The number of halogens is 3. The Labute approximate surface area is 242 Å². The molecule has 1 aliphatic carbocycles. The first kappa shape index (κ1) is 29.5. The lowest BCUT2D eigenvalue weighted by molar-refractivity contribution is -0.137. The Hall–Kier alpha value is -3.96. The lowest BCUT2D eigenvalue weighted by Crippen LogP contribution is -2.43. The molecule has 5 rings (SSSR count). The van der Waals surface area contributed by atoms with Gasteiger partial charge in [-0.25, -0.2) is 0 Å². The summed E-state index contributed by atoms with van der Waals surface area (Å²) in [6.45, 7) is 3.66. The quantitative estimate of drug-likeness (QED) is 0.419. The first-order valence-electron chi connectivity index (χ1n) is 14.0. The van der Waals surface area contributed by atoms with Gasteiger partial charge in [0.15, 0.2) is 0 Å². The largest absolute Gasteiger partial charge is 0.457 e. The van der Waals surface area contributed by atoms with Gasteiger partial charge in [-0.1, -0.05) is 6.07 Å². The maximum atomic E-state index is 13.7. The number of aromatic nitrogens is 1. The first-order chi connectivity index (χ1) is 20.1. The van der Waals surface area contributed by atoms with E-state index in [0.717, 1.165) is 43.4 Å². The van der Waals surface area contributed by atoms with Gasteiger partial charge in [-0.3, -0.25) is 19.5 Å². The molecule has 42 heavy (non-hydrogen) atoms. The number of aryl methyl sites for hydroxylation is 1. The van der Waals surface area contributed by atoms with Gasteiger partial charge in [0.1, 0.15) is 17.2 Å². The molecule has 11 heteroatoms. The smallest absolute Gasteiger partial charge is 0.416 e. The molecule has 1 unspecified atom stereocenters. The summed E-state index contributed by atoms with van der Waals surface area (Å²) in [7, 11) is 3.55. The monoisotopic (exact) mass is 581 g/mol. The van der Waals surface area contributed by atoms with Crippen LogP contribution in [0.5, 0.6) is 11.5 Å². The van der Waals surface area contributed by atoms with Crippen molar-refractivity contribution in [3.05, 3.63) is 82.7 Å². The zero-order valence-electron chi connectivity index (χ0n) is 23.6. The van der Waals surface area contributed by atoms with Crippen molar-refractivity contribution in [3.63, 3.8) is 0 Å². The number of alkyl halides is 3. The van der Waals surface area contributed by atoms with Crippen LogP contribution in [0, 0.1) is 5.92 Å². The normalized spacial score (nSPS) is 17.8. The van der Waals surface area contributed by atoms with E-state index in [4.69, 9.17) is 4.74 Å². The standard InChI is InChI=1S/C31H34F3N5O3/c1-35-30(41)28-18-27(7-8-36-28)42-26-6-5-21-3-4-22(15-23(21)16-26)29(40)37-25-14-20(13-24(17-25)31(32,33)34)19-39-11-9-38(2)10-12-39/h5-8,13-14,16-18,22H,3-4,9-12,15,19H2,1-2H3,(H,35,41)(H,37,40). The Morgan fingerprint density at radius 2 is 1.76 bits per heavy atom. The summed E-state index contributed by atoms with van der Waals surface area (Å²) in [5, 5.41) is 5.30. The molecule has 0 spiro atoms. The van der Waals surface area contributed by atoms with E-state index in [9.17, 15) is 22.8 Å². The van der Waals surface area contributed by atoms with Crippen LogP contribution in [0.2, 0.25) is 0 Å². The molecular weight excluding hydrogens is 547 g/mol. The fourth-order valence-corrected chi connectivity index (χ4v) is 5.41.